The summed E-state index contributed by atoms with van der Waals surface area (Å²) >= 11 is 0. The van der Waals surface area contributed by atoms with Crippen molar-refractivity contribution in [3.8, 4) is 0 Å². The fourth-order valence-corrected chi connectivity index (χ4v) is 2.16. The lowest BCUT2D eigenvalue weighted by atomic mass is 10.1. The molecule has 1 heterocycles. The minimum atomic E-state index is -0.0720. The van der Waals surface area contributed by atoms with Crippen LogP contribution >= 0.6 is 0 Å². The SMILES string of the molecule is CCOCCCNC(=O)Cc1nnnn1CCc1ccccc1. The van der Waals surface area contributed by atoms with Crippen molar-refractivity contribution in [2.24, 2.45) is 0 Å². The molecule has 1 aromatic carbocycles. The first-order valence-corrected chi connectivity index (χ1v) is 7.93. The monoisotopic (exact) mass is 317 g/mol. The van der Waals surface area contributed by atoms with Gasteiger partial charge < -0.3 is 10.1 Å². The predicted octanol–water partition coefficient (Wildman–Crippen LogP) is 1.00. The Labute approximate surface area is 136 Å². The highest BCUT2D eigenvalue weighted by Crippen LogP contribution is 2.02. The summed E-state index contributed by atoms with van der Waals surface area (Å²) in [7, 11) is 0. The van der Waals surface area contributed by atoms with Gasteiger partial charge in [0.15, 0.2) is 5.82 Å². The smallest absolute Gasteiger partial charge is 0.227 e. The highest BCUT2D eigenvalue weighted by molar-refractivity contribution is 5.77. The number of aromatic nitrogens is 4. The quantitative estimate of drug-likeness (QED) is 0.661. The number of nitrogens with one attached hydrogen (secondary N) is 1. The second-order valence-electron chi connectivity index (χ2n) is 5.13. The Morgan fingerprint density at radius 2 is 2.13 bits per heavy atom. The molecule has 2 aromatic rings. The van der Waals surface area contributed by atoms with Crippen LogP contribution in [0.2, 0.25) is 0 Å². The Bertz CT molecular complexity index is 585. The van der Waals surface area contributed by atoms with Gasteiger partial charge in [-0.25, -0.2) is 4.68 Å². The molecule has 0 saturated heterocycles. The summed E-state index contributed by atoms with van der Waals surface area (Å²) in [6.45, 7) is 4.57. The van der Waals surface area contributed by atoms with Crippen molar-refractivity contribution in [2.75, 3.05) is 19.8 Å². The van der Waals surface area contributed by atoms with Crippen molar-refractivity contribution in [3.05, 3.63) is 41.7 Å². The van der Waals surface area contributed by atoms with Crippen LogP contribution in [0.1, 0.15) is 24.7 Å². The number of carbonyl (C=O) groups is 1. The van der Waals surface area contributed by atoms with Crippen molar-refractivity contribution in [1.82, 2.24) is 25.5 Å². The largest absolute Gasteiger partial charge is 0.382 e. The summed E-state index contributed by atoms with van der Waals surface area (Å²) in [4.78, 5) is 11.9. The fraction of sp³-hybridized carbons (Fsp3) is 0.500. The van der Waals surface area contributed by atoms with E-state index in [1.807, 2.05) is 25.1 Å². The maximum atomic E-state index is 11.9. The summed E-state index contributed by atoms with van der Waals surface area (Å²) < 4.78 is 6.91. The maximum Gasteiger partial charge on any atom is 0.227 e. The molecule has 7 heteroatoms. The molecule has 7 nitrogen and oxygen atoms in total. The summed E-state index contributed by atoms with van der Waals surface area (Å²) in [6.07, 6.45) is 1.82. The van der Waals surface area contributed by atoms with E-state index >= 15 is 0 Å². The van der Waals surface area contributed by atoms with E-state index in [0.717, 1.165) is 12.8 Å². The van der Waals surface area contributed by atoms with E-state index < -0.39 is 0 Å². The first kappa shape index (κ1) is 17.1. The van der Waals surface area contributed by atoms with Crippen molar-refractivity contribution < 1.29 is 9.53 Å². The molecule has 1 aromatic heterocycles. The van der Waals surface area contributed by atoms with E-state index in [-0.39, 0.29) is 12.3 Å². The van der Waals surface area contributed by atoms with E-state index in [1.54, 1.807) is 4.68 Å². The zero-order valence-corrected chi connectivity index (χ0v) is 13.4. The van der Waals surface area contributed by atoms with Gasteiger partial charge in [0.05, 0.1) is 6.42 Å². The van der Waals surface area contributed by atoms with Crippen molar-refractivity contribution >= 4 is 5.91 Å². The molecule has 1 amide bonds. The van der Waals surface area contributed by atoms with E-state index in [4.69, 9.17) is 4.74 Å². The number of rotatable bonds is 10. The molecule has 124 valence electrons. The molecule has 0 aliphatic heterocycles. The zero-order valence-electron chi connectivity index (χ0n) is 13.4. The lowest BCUT2D eigenvalue weighted by Gasteiger charge is -2.06. The second kappa shape index (κ2) is 9.68. The highest BCUT2D eigenvalue weighted by atomic mass is 16.5. The molecule has 0 atom stereocenters. The van der Waals surface area contributed by atoms with Crippen LogP contribution in [0, 0.1) is 0 Å². The molecule has 2 rings (SSSR count). The second-order valence-corrected chi connectivity index (χ2v) is 5.13. The molecule has 0 spiro atoms. The van der Waals surface area contributed by atoms with Crippen molar-refractivity contribution in [2.45, 2.75) is 32.7 Å². The molecule has 0 aliphatic carbocycles. The van der Waals surface area contributed by atoms with Gasteiger partial charge in [-0.05, 0) is 35.8 Å². The van der Waals surface area contributed by atoms with E-state index in [9.17, 15) is 4.79 Å². The number of amides is 1. The Balaban J connectivity index is 1.75. The summed E-state index contributed by atoms with van der Waals surface area (Å²) in [5, 5.41) is 14.4. The van der Waals surface area contributed by atoms with Crippen LogP contribution < -0.4 is 5.32 Å². The number of nitrogens with zero attached hydrogens (tertiary/aromatic N) is 4. The molecular formula is C16H23N5O2. The Morgan fingerprint density at radius 1 is 1.30 bits per heavy atom. The van der Waals surface area contributed by atoms with Crippen LogP contribution in [0.4, 0.5) is 0 Å². The Hall–Kier alpha value is -2.28. The maximum absolute atomic E-state index is 11.9. The number of hydrogen-bond donors (Lipinski definition) is 1. The lowest BCUT2D eigenvalue weighted by molar-refractivity contribution is -0.120. The van der Waals surface area contributed by atoms with Gasteiger partial charge in [-0.15, -0.1) is 5.10 Å². The van der Waals surface area contributed by atoms with E-state index in [1.165, 1.54) is 5.56 Å². The van der Waals surface area contributed by atoms with Crippen LogP contribution in [0.5, 0.6) is 0 Å². The molecule has 23 heavy (non-hydrogen) atoms. The van der Waals surface area contributed by atoms with Gasteiger partial charge in [-0.1, -0.05) is 30.3 Å². The van der Waals surface area contributed by atoms with Crippen LogP contribution in [0.3, 0.4) is 0 Å². The molecule has 0 fully saturated rings. The van der Waals surface area contributed by atoms with E-state index in [2.05, 4.69) is 33.0 Å². The minimum absolute atomic E-state index is 0.0720. The molecule has 0 radical (unpaired) electrons. The normalized spacial score (nSPS) is 10.7. The minimum Gasteiger partial charge on any atom is -0.382 e. The summed E-state index contributed by atoms with van der Waals surface area (Å²) in [5.74, 6) is 0.514. The number of tetrazole rings is 1. The van der Waals surface area contributed by atoms with Gasteiger partial charge in [0.2, 0.25) is 5.91 Å². The standard InChI is InChI=1S/C16H23N5O2/c1-2-23-12-6-10-17-16(22)13-15-18-19-20-21(15)11-9-14-7-4-3-5-8-14/h3-5,7-8H,2,6,9-13H2,1H3,(H,17,22). The number of hydrogen-bond acceptors (Lipinski definition) is 5. The van der Waals surface area contributed by atoms with Gasteiger partial charge >= 0.3 is 0 Å². The number of aryl methyl sites for hydroxylation is 2. The third-order valence-electron chi connectivity index (χ3n) is 3.37. The van der Waals surface area contributed by atoms with Crippen LogP contribution in [-0.2, 0) is 28.9 Å². The summed E-state index contributed by atoms with van der Waals surface area (Å²) in [5.41, 5.74) is 1.22. The van der Waals surface area contributed by atoms with Crippen molar-refractivity contribution in [1.29, 1.82) is 0 Å². The molecule has 0 bridgehead atoms. The van der Waals surface area contributed by atoms with Gasteiger partial charge in [0, 0.05) is 26.3 Å². The molecule has 0 aliphatic rings. The fourth-order valence-electron chi connectivity index (χ4n) is 2.16. The molecule has 0 unspecified atom stereocenters. The molecule has 1 N–H and O–H groups in total. The van der Waals surface area contributed by atoms with Gasteiger partial charge in [0.25, 0.3) is 0 Å². The summed E-state index contributed by atoms with van der Waals surface area (Å²) in [6, 6.07) is 10.1. The zero-order chi connectivity index (χ0) is 16.3. The van der Waals surface area contributed by atoms with E-state index in [0.29, 0.717) is 32.1 Å². The molecule has 0 saturated carbocycles. The Kier molecular flexibility index (Phi) is 7.19. The van der Waals surface area contributed by atoms with Gasteiger partial charge in [0.1, 0.15) is 0 Å². The number of ether oxygens (including phenoxy) is 1. The number of benzene rings is 1. The van der Waals surface area contributed by atoms with Crippen LogP contribution in [0.15, 0.2) is 30.3 Å². The van der Waals surface area contributed by atoms with Crippen LogP contribution in [0.25, 0.3) is 0 Å². The van der Waals surface area contributed by atoms with Gasteiger partial charge in [-0.2, -0.15) is 0 Å². The van der Waals surface area contributed by atoms with Crippen LogP contribution in [-0.4, -0.2) is 45.9 Å². The predicted molar refractivity (Wildman–Crippen MR) is 85.8 cm³/mol. The third-order valence-corrected chi connectivity index (χ3v) is 3.37. The highest BCUT2D eigenvalue weighted by Gasteiger charge is 2.11. The lowest BCUT2D eigenvalue weighted by Crippen LogP contribution is -2.28. The first-order valence-electron chi connectivity index (χ1n) is 7.93. The van der Waals surface area contributed by atoms with Gasteiger partial charge in [-0.3, -0.25) is 4.79 Å². The topological polar surface area (TPSA) is 81.9 Å². The number of carbonyl (C=O) groups excluding carboxylic acids is 1. The van der Waals surface area contributed by atoms with Crippen molar-refractivity contribution in [3.63, 3.8) is 0 Å². The Morgan fingerprint density at radius 3 is 2.91 bits per heavy atom. The average molecular weight is 317 g/mol. The average Bonchev–Trinajstić information content (AvgIpc) is 3.01. The third kappa shape index (κ3) is 6.15. The molecular weight excluding hydrogens is 294 g/mol. The first-order chi connectivity index (χ1) is 11.3.